The SMILES string of the molecule is N#C/C(=C\c1ccc(-c2nc3ccccc3s2)o1)C(=O)Nc1ccc(F)cc1F. The lowest BCUT2D eigenvalue weighted by Gasteiger charge is -2.05. The maximum Gasteiger partial charge on any atom is 0.266 e. The smallest absolute Gasteiger partial charge is 0.266 e. The first-order valence-corrected chi connectivity index (χ1v) is 9.19. The minimum atomic E-state index is -0.938. The van der Waals surface area contributed by atoms with Crippen LogP contribution >= 0.6 is 11.3 Å². The zero-order valence-corrected chi connectivity index (χ0v) is 15.5. The summed E-state index contributed by atoms with van der Waals surface area (Å²) < 4.78 is 33.4. The Morgan fingerprint density at radius 2 is 2.00 bits per heavy atom. The van der Waals surface area contributed by atoms with Crippen molar-refractivity contribution in [2.45, 2.75) is 0 Å². The fraction of sp³-hybridized carbons (Fsp3) is 0. The largest absolute Gasteiger partial charge is 0.454 e. The molecule has 142 valence electrons. The number of benzene rings is 2. The third kappa shape index (κ3) is 3.90. The molecule has 0 aliphatic carbocycles. The van der Waals surface area contributed by atoms with E-state index in [0.29, 0.717) is 16.8 Å². The number of furan rings is 1. The van der Waals surface area contributed by atoms with Gasteiger partial charge >= 0.3 is 0 Å². The predicted molar refractivity (Wildman–Crippen MR) is 106 cm³/mol. The summed E-state index contributed by atoms with van der Waals surface area (Å²) >= 11 is 1.46. The zero-order chi connectivity index (χ0) is 20.4. The Morgan fingerprint density at radius 3 is 2.76 bits per heavy atom. The average Bonchev–Trinajstić information content (AvgIpc) is 3.34. The van der Waals surface area contributed by atoms with E-state index >= 15 is 0 Å². The van der Waals surface area contributed by atoms with Crippen molar-refractivity contribution in [3.8, 4) is 16.8 Å². The fourth-order valence-corrected chi connectivity index (χ4v) is 3.52. The van der Waals surface area contributed by atoms with Crippen molar-refractivity contribution in [1.29, 1.82) is 5.26 Å². The van der Waals surface area contributed by atoms with Crippen molar-refractivity contribution < 1.29 is 18.0 Å². The number of aromatic nitrogens is 1. The fourth-order valence-electron chi connectivity index (χ4n) is 2.59. The zero-order valence-electron chi connectivity index (χ0n) is 14.6. The molecule has 0 bridgehead atoms. The minimum absolute atomic E-state index is 0.229. The molecule has 0 aliphatic rings. The standard InChI is InChI=1S/C21H11F2N3O2S/c22-13-5-7-16(15(23)10-13)25-20(27)12(11-24)9-14-6-8-18(28-14)21-26-17-3-1-2-4-19(17)29-21/h1-10H,(H,25,27)/b12-9+. The molecule has 0 spiro atoms. The molecule has 4 rings (SSSR count). The molecular weight excluding hydrogens is 396 g/mol. The number of thiazole rings is 1. The van der Waals surface area contributed by atoms with Gasteiger partial charge in [-0.05, 0) is 36.4 Å². The molecule has 1 amide bonds. The van der Waals surface area contributed by atoms with E-state index in [1.165, 1.54) is 17.4 Å². The van der Waals surface area contributed by atoms with Gasteiger partial charge in [0.2, 0.25) is 0 Å². The van der Waals surface area contributed by atoms with Crippen molar-refractivity contribution in [3.63, 3.8) is 0 Å². The lowest BCUT2D eigenvalue weighted by Crippen LogP contribution is -2.14. The van der Waals surface area contributed by atoms with Crippen LogP contribution in [0, 0.1) is 23.0 Å². The number of hydrogen-bond donors (Lipinski definition) is 1. The van der Waals surface area contributed by atoms with Gasteiger partial charge in [0.25, 0.3) is 5.91 Å². The molecule has 0 aliphatic heterocycles. The Morgan fingerprint density at radius 1 is 1.17 bits per heavy atom. The summed E-state index contributed by atoms with van der Waals surface area (Å²) in [4.78, 5) is 16.8. The van der Waals surface area contributed by atoms with E-state index in [-0.39, 0.29) is 17.0 Å². The van der Waals surface area contributed by atoms with E-state index in [4.69, 9.17) is 4.42 Å². The summed E-state index contributed by atoms with van der Waals surface area (Å²) in [6, 6.07) is 15.4. The maximum absolute atomic E-state index is 13.7. The van der Waals surface area contributed by atoms with Gasteiger partial charge in [-0.1, -0.05) is 12.1 Å². The number of anilines is 1. The number of para-hydroxylation sites is 1. The highest BCUT2D eigenvalue weighted by Crippen LogP contribution is 2.31. The van der Waals surface area contributed by atoms with Crippen molar-refractivity contribution in [2.24, 2.45) is 0 Å². The number of nitrogens with one attached hydrogen (secondary N) is 1. The van der Waals surface area contributed by atoms with Crippen molar-refractivity contribution in [2.75, 3.05) is 5.32 Å². The monoisotopic (exact) mass is 407 g/mol. The first-order valence-electron chi connectivity index (χ1n) is 8.37. The van der Waals surface area contributed by atoms with Gasteiger partial charge in [0.1, 0.15) is 29.0 Å². The molecule has 0 unspecified atom stereocenters. The van der Waals surface area contributed by atoms with E-state index in [1.54, 1.807) is 18.2 Å². The van der Waals surface area contributed by atoms with Crippen LogP contribution in [0.5, 0.6) is 0 Å². The first-order chi connectivity index (χ1) is 14.0. The third-order valence-corrected chi connectivity index (χ3v) is 5.01. The Labute approximate surface area is 167 Å². The van der Waals surface area contributed by atoms with Crippen LogP contribution in [0.25, 0.3) is 27.1 Å². The molecule has 2 aromatic heterocycles. The number of carbonyl (C=O) groups excluding carboxylic acids is 1. The number of rotatable bonds is 4. The molecule has 8 heteroatoms. The topological polar surface area (TPSA) is 78.9 Å². The van der Waals surface area contributed by atoms with Crippen molar-refractivity contribution in [1.82, 2.24) is 4.98 Å². The summed E-state index contributed by atoms with van der Waals surface area (Å²) in [5, 5.41) is 12.2. The Balaban J connectivity index is 1.57. The number of hydrogen-bond acceptors (Lipinski definition) is 5. The summed E-state index contributed by atoms with van der Waals surface area (Å²) in [6.07, 6.45) is 1.24. The van der Waals surface area contributed by atoms with Crippen LogP contribution in [0.1, 0.15) is 5.76 Å². The first kappa shape index (κ1) is 18.5. The van der Waals surface area contributed by atoms with Crippen LogP contribution in [0.15, 0.2) is 64.6 Å². The molecule has 4 aromatic rings. The predicted octanol–water partition coefficient (Wildman–Crippen LogP) is 5.38. The van der Waals surface area contributed by atoms with Crippen LogP contribution in [-0.4, -0.2) is 10.9 Å². The van der Waals surface area contributed by atoms with Crippen molar-refractivity contribution >= 4 is 39.2 Å². The molecule has 1 N–H and O–H groups in total. The second-order valence-corrected chi connectivity index (χ2v) is 6.97. The Kier molecular flexibility index (Phi) is 4.89. The van der Waals surface area contributed by atoms with E-state index in [0.717, 1.165) is 22.3 Å². The second-order valence-electron chi connectivity index (χ2n) is 5.94. The minimum Gasteiger partial charge on any atom is -0.454 e. The van der Waals surface area contributed by atoms with E-state index in [9.17, 15) is 18.8 Å². The molecule has 5 nitrogen and oxygen atoms in total. The van der Waals surface area contributed by atoms with E-state index < -0.39 is 17.5 Å². The van der Waals surface area contributed by atoms with Crippen LogP contribution < -0.4 is 5.32 Å². The van der Waals surface area contributed by atoms with Crippen LogP contribution in [0.2, 0.25) is 0 Å². The molecule has 2 heterocycles. The van der Waals surface area contributed by atoms with Gasteiger partial charge in [-0.15, -0.1) is 11.3 Å². The summed E-state index contributed by atoms with van der Waals surface area (Å²) in [5.41, 5.74) is 0.325. The van der Waals surface area contributed by atoms with Gasteiger partial charge in [-0.3, -0.25) is 4.79 Å². The summed E-state index contributed by atoms with van der Waals surface area (Å²) in [6.45, 7) is 0. The van der Waals surface area contributed by atoms with Gasteiger partial charge in [0.15, 0.2) is 10.8 Å². The molecule has 0 atom stereocenters. The van der Waals surface area contributed by atoms with E-state index in [1.807, 2.05) is 24.3 Å². The number of carbonyl (C=O) groups is 1. The lowest BCUT2D eigenvalue weighted by molar-refractivity contribution is -0.112. The number of amides is 1. The molecular formula is C21H11F2N3O2S. The quantitative estimate of drug-likeness (QED) is 0.364. The molecule has 0 radical (unpaired) electrons. The highest BCUT2D eigenvalue weighted by molar-refractivity contribution is 7.21. The van der Waals surface area contributed by atoms with Gasteiger partial charge in [0.05, 0.1) is 15.9 Å². The lowest BCUT2D eigenvalue weighted by atomic mass is 10.2. The average molecular weight is 407 g/mol. The third-order valence-electron chi connectivity index (χ3n) is 3.96. The summed E-state index contributed by atoms with van der Waals surface area (Å²) in [7, 11) is 0. The van der Waals surface area contributed by atoms with E-state index in [2.05, 4.69) is 10.3 Å². The molecule has 0 saturated carbocycles. The van der Waals surface area contributed by atoms with Crippen LogP contribution in [0.4, 0.5) is 14.5 Å². The Hall–Kier alpha value is -3.83. The molecule has 29 heavy (non-hydrogen) atoms. The highest BCUT2D eigenvalue weighted by Gasteiger charge is 2.15. The number of fused-ring (bicyclic) bond motifs is 1. The molecule has 0 saturated heterocycles. The van der Waals surface area contributed by atoms with Crippen LogP contribution in [-0.2, 0) is 4.79 Å². The van der Waals surface area contributed by atoms with Crippen LogP contribution in [0.3, 0.4) is 0 Å². The Bertz CT molecular complexity index is 1270. The number of nitriles is 1. The van der Waals surface area contributed by atoms with Gasteiger partial charge in [-0.25, -0.2) is 13.8 Å². The maximum atomic E-state index is 13.7. The molecule has 2 aromatic carbocycles. The van der Waals surface area contributed by atoms with Gasteiger partial charge in [0, 0.05) is 12.1 Å². The van der Waals surface area contributed by atoms with Gasteiger partial charge < -0.3 is 9.73 Å². The molecule has 0 fully saturated rings. The van der Waals surface area contributed by atoms with Crippen molar-refractivity contribution in [3.05, 3.63) is 77.6 Å². The van der Waals surface area contributed by atoms with Gasteiger partial charge in [-0.2, -0.15) is 5.26 Å². The second kappa shape index (κ2) is 7.66. The number of halogens is 2. The summed E-state index contributed by atoms with van der Waals surface area (Å²) in [5.74, 6) is -1.78. The highest BCUT2D eigenvalue weighted by atomic mass is 32.1. The number of nitrogens with zero attached hydrogens (tertiary/aromatic N) is 2. The normalized spacial score (nSPS) is 11.4.